The highest BCUT2D eigenvalue weighted by molar-refractivity contribution is 5.96. The number of hydrogen-bond acceptors (Lipinski definition) is 2. The van der Waals surface area contributed by atoms with E-state index in [9.17, 15) is 9.90 Å². The van der Waals surface area contributed by atoms with Gasteiger partial charge in [0, 0.05) is 0 Å². The van der Waals surface area contributed by atoms with Gasteiger partial charge in [-0.15, -0.1) is 0 Å². The Balaban J connectivity index is 1.70. The molecule has 0 aromatic carbocycles. The summed E-state index contributed by atoms with van der Waals surface area (Å²) in [5.41, 5.74) is 4.43. The molecule has 4 rings (SSSR count). The molecular formula is C22H32O2. The first-order valence-corrected chi connectivity index (χ1v) is 9.86. The molecule has 0 aromatic rings. The molecule has 0 bridgehead atoms. The van der Waals surface area contributed by atoms with Gasteiger partial charge in [0.05, 0.1) is 6.10 Å². The van der Waals surface area contributed by atoms with Crippen LogP contribution in [0.5, 0.6) is 0 Å². The van der Waals surface area contributed by atoms with Crippen molar-refractivity contribution in [1.29, 1.82) is 0 Å². The third-order valence-electron chi connectivity index (χ3n) is 8.34. The first-order chi connectivity index (χ1) is 11.3. The maximum Gasteiger partial charge on any atom is 0.156 e. The second kappa shape index (κ2) is 5.30. The molecule has 132 valence electrons. The van der Waals surface area contributed by atoms with E-state index in [4.69, 9.17) is 0 Å². The largest absolute Gasteiger partial charge is 0.393 e. The monoisotopic (exact) mass is 328 g/mol. The molecule has 0 radical (unpaired) electrons. The van der Waals surface area contributed by atoms with E-state index < -0.39 is 0 Å². The van der Waals surface area contributed by atoms with Crippen LogP contribution in [0, 0.1) is 28.6 Å². The van der Waals surface area contributed by atoms with Crippen molar-refractivity contribution in [2.45, 2.75) is 78.7 Å². The highest BCUT2D eigenvalue weighted by Crippen LogP contribution is 2.65. The van der Waals surface area contributed by atoms with E-state index >= 15 is 0 Å². The Morgan fingerprint density at radius 2 is 1.83 bits per heavy atom. The topological polar surface area (TPSA) is 37.3 Å². The molecule has 6 atom stereocenters. The van der Waals surface area contributed by atoms with Crippen LogP contribution in [0.2, 0.25) is 0 Å². The van der Waals surface area contributed by atoms with Crippen LogP contribution < -0.4 is 0 Å². The average Bonchev–Trinajstić information content (AvgIpc) is 2.78. The van der Waals surface area contributed by atoms with Crippen LogP contribution in [0.25, 0.3) is 0 Å². The van der Waals surface area contributed by atoms with Crippen molar-refractivity contribution in [1.82, 2.24) is 0 Å². The Labute approximate surface area is 146 Å². The number of Topliss-reactive ketones (excluding diaryl/α,β-unsaturated/α-hetero) is 1. The number of carbonyl (C=O) groups excluding carboxylic acids is 1. The fourth-order valence-electron chi connectivity index (χ4n) is 7.27. The maximum atomic E-state index is 12.3. The summed E-state index contributed by atoms with van der Waals surface area (Å²) in [6.45, 7) is 8.79. The Morgan fingerprint density at radius 3 is 2.54 bits per heavy atom. The van der Waals surface area contributed by atoms with E-state index in [1.54, 1.807) is 6.92 Å². The van der Waals surface area contributed by atoms with Crippen LogP contribution in [-0.4, -0.2) is 17.0 Å². The van der Waals surface area contributed by atoms with Crippen LogP contribution in [0.1, 0.15) is 72.6 Å². The van der Waals surface area contributed by atoms with Gasteiger partial charge in [0.15, 0.2) is 5.78 Å². The first-order valence-electron chi connectivity index (χ1n) is 9.86. The van der Waals surface area contributed by atoms with Crippen LogP contribution in [0.15, 0.2) is 22.8 Å². The zero-order valence-corrected chi connectivity index (χ0v) is 15.7. The number of hydrogen-bond donors (Lipinski definition) is 1. The molecule has 1 N–H and O–H groups in total. The van der Waals surface area contributed by atoms with Crippen molar-refractivity contribution in [2.24, 2.45) is 28.6 Å². The van der Waals surface area contributed by atoms with E-state index in [2.05, 4.69) is 26.8 Å². The Hall–Kier alpha value is -0.890. The predicted molar refractivity (Wildman–Crippen MR) is 96.5 cm³/mol. The molecule has 0 aromatic heterocycles. The molecule has 24 heavy (non-hydrogen) atoms. The molecule has 0 amide bonds. The minimum atomic E-state index is -0.130. The minimum absolute atomic E-state index is 0.104. The fraction of sp³-hybridized carbons (Fsp3) is 0.773. The molecule has 2 fully saturated rings. The van der Waals surface area contributed by atoms with Crippen LogP contribution in [0.3, 0.4) is 0 Å². The lowest BCUT2D eigenvalue weighted by Gasteiger charge is -2.57. The van der Waals surface area contributed by atoms with Gasteiger partial charge in [0.2, 0.25) is 0 Å². The lowest BCUT2D eigenvalue weighted by atomic mass is 9.47. The molecule has 0 saturated heterocycles. The van der Waals surface area contributed by atoms with Gasteiger partial charge in [-0.25, -0.2) is 0 Å². The van der Waals surface area contributed by atoms with Gasteiger partial charge in [-0.2, -0.15) is 0 Å². The van der Waals surface area contributed by atoms with Crippen molar-refractivity contribution in [3.05, 3.63) is 22.8 Å². The number of rotatable bonds is 1. The van der Waals surface area contributed by atoms with Gasteiger partial charge in [0.25, 0.3) is 0 Å². The van der Waals surface area contributed by atoms with Gasteiger partial charge in [-0.3, -0.25) is 4.79 Å². The Kier molecular flexibility index (Phi) is 3.66. The quantitative estimate of drug-likeness (QED) is 0.700. The van der Waals surface area contributed by atoms with E-state index in [0.29, 0.717) is 17.6 Å². The van der Waals surface area contributed by atoms with Gasteiger partial charge in [-0.1, -0.05) is 31.1 Å². The van der Waals surface area contributed by atoms with Gasteiger partial charge < -0.3 is 5.11 Å². The smallest absolute Gasteiger partial charge is 0.156 e. The summed E-state index contributed by atoms with van der Waals surface area (Å²) in [6.07, 6.45) is 9.99. The van der Waals surface area contributed by atoms with E-state index in [-0.39, 0.29) is 16.9 Å². The number of aliphatic hydroxyl groups excluding tert-OH is 1. The van der Waals surface area contributed by atoms with E-state index in [1.807, 2.05) is 0 Å². The average molecular weight is 328 g/mol. The van der Waals surface area contributed by atoms with Crippen molar-refractivity contribution >= 4 is 5.78 Å². The standard InChI is InChI=1S/C22H32O2/c1-13-11-19-17-6-5-15-12-16(24)7-9-21(15,3)18(17)8-10-22(19,4)20(13)14(2)23/h5,16-19,24H,6-12H2,1-4H3/t16-,17+,18-,19-,21+,22-/m1/s1. The molecule has 0 heterocycles. The summed E-state index contributed by atoms with van der Waals surface area (Å²) in [5, 5.41) is 10.1. The summed E-state index contributed by atoms with van der Waals surface area (Å²) in [7, 11) is 0. The van der Waals surface area contributed by atoms with Gasteiger partial charge in [-0.05, 0) is 93.0 Å². The van der Waals surface area contributed by atoms with Crippen molar-refractivity contribution < 1.29 is 9.90 Å². The number of carbonyl (C=O) groups is 1. The normalized spacial score (nSPS) is 47.6. The zero-order chi connectivity index (χ0) is 17.3. The SMILES string of the molecule is CC(=O)C1=C(C)C[C@@H]2[C@H]3CC=C4C[C@H](O)CC[C@]4(C)[C@@H]3CC[C@@]12C. The molecule has 0 aliphatic heterocycles. The summed E-state index contributed by atoms with van der Waals surface area (Å²) in [6, 6.07) is 0. The van der Waals surface area contributed by atoms with E-state index in [0.717, 1.165) is 50.0 Å². The van der Waals surface area contributed by atoms with Gasteiger partial charge >= 0.3 is 0 Å². The van der Waals surface area contributed by atoms with Crippen LogP contribution in [-0.2, 0) is 4.79 Å². The second-order valence-corrected chi connectivity index (χ2v) is 9.53. The second-order valence-electron chi connectivity index (χ2n) is 9.53. The molecule has 2 saturated carbocycles. The van der Waals surface area contributed by atoms with Gasteiger partial charge in [0.1, 0.15) is 0 Å². The van der Waals surface area contributed by atoms with Crippen LogP contribution in [0.4, 0.5) is 0 Å². The lowest BCUT2D eigenvalue weighted by Crippen LogP contribution is -2.50. The molecule has 4 aliphatic rings. The zero-order valence-electron chi connectivity index (χ0n) is 15.7. The lowest BCUT2D eigenvalue weighted by molar-refractivity contribution is -0.115. The number of aliphatic hydroxyl groups is 1. The third-order valence-corrected chi connectivity index (χ3v) is 8.34. The van der Waals surface area contributed by atoms with Crippen molar-refractivity contribution in [3.63, 3.8) is 0 Å². The fourth-order valence-corrected chi connectivity index (χ4v) is 7.27. The highest BCUT2D eigenvalue weighted by Gasteiger charge is 2.58. The summed E-state index contributed by atoms with van der Waals surface area (Å²) >= 11 is 0. The molecular weight excluding hydrogens is 296 g/mol. The molecule has 0 spiro atoms. The summed E-state index contributed by atoms with van der Waals surface area (Å²) in [5.74, 6) is 2.38. The maximum absolute atomic E-state index is 12.3. The number of ketones is 1. The molecule has 2 heteroatoms. The molecule has 0 unspecified atom stereocenters. The van der Waals surface area contributed by atoms with E-state index in [1.165, 1.54) is 17.6 Å². The third kappa shape index (κ3) is 2.08. The minimum Gasteiger partial charge on any atom is -0.393 e. The molecule has 2 nitrogen and oxygen atoms in total. The summed E-state index contributed by atoms with van der Waals surface area (Å²) in [4.78, 5) is 12.3. The predicted octanol–water partition coefficient (Wildman–Crippen LogP) is 4.83. The Morgan fingerprint density at radius 1 is 1.12 bits per heavy atom. The summed E-state index contributed by atoms with van der Waals surface area (Å²) < 4.78 is 0. The Bertz CT molecular complexity index is 642. The molecule has 4 aliphatic carbocycles. The van der Waals surface area contributed by atoms with Crippen LogP contribution >= 0.6 is 0 Å². The number of fused-ring (bicyclic) bond motifs is 5. The van der Waals surface area contributed by atoms with Crippen molar-refractivity contribution in [2.75, 3.05) is 0 Å². The van der Waals surface area contributed by atoms with Crippen molar-refractivity contribution in [3.8, 4) is 0 Å². The first kappa shape index (κ1) is 16.6. The number of allylic oxidation sites excluding steroid dienone is 3. The highest BCUT2D eigenvalue weighted by atomic mass is 16.3.